The number of methoxy groups -OCH3 is 1. The molecule has 1 aromatic carbocycles. The predicted molar refractivity (Wildman–Crippen MR) is 111 cm³/mol. The molecule has 0 aliphatic heterocycles. The van der Waals surface area contributed by atoms with Gasteiger partial charge in [0, 0.05) is 35.3 Å². The molecule has 0 spiro atoms. The van der Waals surface area contributed by atoms with Crippen LogP contribution in [0.1, 0.15) is 22.4 Å². The monoisotopic (exact) mass is 448 g/mol. The highest BCUT2D eigenvalue weighted by Gasteiger charge is 2.26. The number of aromatic hydroxyl groups is 1. The predicted octanol–water partition coefficient (Wildman–Crippen LogP) is 0.470. The van der Waals surface area contributed by atoms with Gasteiger partial charge < -0.3 is 24.6 Å². The van der Waals surface area contributed by atoms with E-state index in [9.17, 15) is 14.5 Å². The van der Waals surface area contributed by atoms with E-state index in [0.29, 0.717) is 12.1 Å². The molecule has 10 nitrogen and oxygen atoms in total. The zero-order valence-electron chi connectivity index (χ0n) is 16.9. The van der Waals surface area contributed by atoms with E-state index >= 15 is 0 Å². The average molecular weight is 448 g/mol. The zero-order chi connectivity index (χ0) is 22.6. The van der Waals surface area contributed by atoms with Crippen molar-refractivity contribution in [3.05, 3.63) is 59.0 Å². The third-order valence-corrected chi connectivity index (χ3v) is 5.23. The van der Waals surface area contributed by atoms with Crippen LogP contribution in [0.25, 0.3) is 10.9 Å². The van der Waals surface area contributed by atoms with Gasteiger partial charge in [0.25, 0.3) is 6.04 Å². The number of phosphoric acid groups is 1. The number of esters is 1. The summed E-state index contributed by atoms with van der Waals surface area (Å²) < 4.78 is 20.5. The number of carbonyl (C=O) groups excluding carboxylic acids is 1. The highest BCUT2D eigenvalue weighted by atomic mass is 31.2. The normalized spacial score (nSPS) is 13.0. The molecule has 164 valence electrons. The van der Waals surface area contributed by atoms with Crippen molar-refractivity contribution in [1.29, 1.82) is 0 Å². The number of hydrogen-bond donors (Lipinski definition) is 5. The standard InChI is InChI=1S/C20H22N3O7P/c1-12-19(24)16(14(9-21-12)11-30-31(26,27)28)10-23-18(20(25)29-2)7-13-8-22-17-6-4-3-5-15(13)17/h3-6,8-10,18,22,24H,7,11H2,1-2H3,(H2,26,27,28)/p+1/t18-/m0/s1. The molecular formula is C20H23N3O7P+. The van der Waals surface area contributed by atoms with Crippen molar-refractivity contribution >= 4 is 30.9 Å². The number of phosphoric ester groups is 1. The number of rotatable bonds is 8. The summed E-state index contributed by atoms with van der Waals surface area (Å²) in [5.41, 5.74) is 2.57. The van der Waals surface area contributed by atoms with Crippen LogP contribution in [0.3, 0.4) is 0 Å². The van der Waals surface area contributed by atoms with Crippen molar-refractivity contribution in [2.45, 2.75) is 26.0 Å². The lowest BCUT2D eigenvalue weighted by atomic mass is 10.0. The van der Waals surface area contributed by atoms with E-state index in [1.54, 1.807) is 6.92 Å². The van der Waals surface area contributed by atoms with Crippen LogP contribution in [-0.2, 0) is 31.6 Å². The van der Waals surface area contributed by atoms with Crippen LogP contribution in [-0.4, -0.2) is 50.2 Å². The Morgan fingerprint density at radius 2 is 2.06 bits per heavy atom. The van der Waals surface area contributed by atoms with Gasteiger partial charge >= 0.3 is 13.8 Å². The molecule has 0 aliphatic rings. The van der Waals surface area contributed by atoms with Gasteiger partial charge in [-0.05, 0) is 18.6 Å². The molecule has 3 rings (SSSR count). The number of nitrogens with zero attached hydrogens (tertiary/aromatic N) is 1. The van der Waals surface area contributed by atoms with Crippen molar-refractivity contribution in [3.63, 3.8) is 0 Å². The number of pyridine rings is 1. The lowest BCUT2D eigenvalue weighted by Gasteiger charge is -2.10. The third-order valence-electron chi connectivity index (χ3n) is 4.76. The van der Waals surface area contributed by atoms with Gasteiger partial charge in [-0.15, -0.1) is 0 Å². The highest BCUT2D eigenvalue weighted by Crippen LogP contribution is 2.37. The van der Waals surface area contributed by atoms with Crippen LogP contribution < -0.4 is 4.99 Å². The lowest BCUT2D eigenvalue weighted by molar-refractivity contribution is -0.484. The molecule has 0 fully saturated rings. The molecule has 0 saturated heterocycles. The van der Waals surface area contributed by atoms with Crippen molar-refractivity contribution in [1.82, 2.24) is 9.97 Å². The van der Waals surface area contributed by atoms with Crippen molar-refractivity contribution in [2.75, 3.05) is 7.11 Å². The SMILES string of the molecule is COC(=O)[C@H](Cc1c[nH]c2ccccc12)[NH+]=Cc1c(COP(=O)(O)O)cnc(C)c1O. The van der Waals surface area contributed by atoms with Gasteiger partial charge in [0.2, 0.25) is 0 Å². The van der Waals surface area contributed by atoms with Crippen LogP contribution in [0, 0.1) is 6.92 Å². The number of aromatic nitrogens is 2. The van der Waals surface area contributed by atoms with E-state index in [1.165, 1.54) is 19.5 Å². The van der Waals surface area contributed by atoms with Gasteiger partial charge in [0.15, 0.2) is 6.21 Å². The molecule has 0 saturated carbocycles. The maximum Gasteiger partial charge on any atom is 0.469 e. The fourth-order valence-electron chi connectivity index (χ4n) is 3.14. The van der Waals surface area contributed by atoms with E-state index in [2.05, 4.69) is 19.5 Å². The molecule has 11 heteroatoms. The number of ether oxygens (including phenoxy) is 1. The number of aromatic amines is 1. The summed E-state index contributed by atoms with van der Waals surface area (Å²) >= 11 is 0. The Balaban J connectivity index is 1.93. The van der Waals surface area contributed by atoms with Gasteiger partial charge in [-0.2, -0.15) is 0 Å². The summed E-state index contributed by atoms with van der Waals surface area (Å²) in [6, 6.07) is 6.89. The zero-order valence-corrected chi connectivity index (χ0v) is 17.8. The minimum absolute atomic E-state index is 0.199. The van der Waals surface area contributed by atoms with Crippen LogP contribution in [0.2, 0.25) is 0 Å². The molecule has 2 heterocycles. The Hall–Kier alpha value is -3.04. The van der Waals surface area contributed by atoms with E-state index in [1.807, 2.05) is 30.5 Å². The largest absolute Gasteiger partial charge is 0.505 e. The number of H-pyrrole nitrogens is 1. The first-order chi connectivity index (χ1) is 14.7. The Bertz CT molecular complexity index is 1170. The smallest absolute Gasteiger partial charge is 0.469 e. The summed E-state index contributed by atoms with van der Waals surface area (Å²) in [4.78, 5) is 40.4. The quantitative estimate of drug-likeness (QED) is 0.189. The molecule has 0 unspecified atom stereocenters. The summed E-state index contributed by atoms with van der Waals surface area (Å²) in [6.07, 6.45) is 4.84. The van der Waals surface area contributed by atoms with E-state index in [4.69, 9.17) is 14.5 Å². The molecular weight excluding hydrogens is 425 g/mol. The van der Waals surface area contributed by atoms with Crippen molar-refractivity contribution in [2.24, 2.45) is 0 Å². The molecule has 31 heavy (non-hydrogen) atoms. The first-order valence-electron chi connectivity index (χ1n) is 9.29. The number of benzene rings is 1. The third kappa shape index (κ3) is 5.56. The number of aryl methyl sites for hydroxylation is 1. The van der Waals surface area contributed by atoms with Crippen LogP contribution in [0.4, 0.5) is 0 Å². The molecule has 5 N–H and O–H groups in total. The Morgan fingerprint density at radius 3 is 2.77 bits per heavy atom. The van der Waals surface area contributed by atoms with Crippen LogP contribution in [0.15, 0.2) is 36.7 Å². The van der Waals surface area contributed by atoms with Gasteiger partial charge in [0.05, 0.1) is 25.0 Å². The highest BCUT2D eigenvalue weighted by molar-refractivity contribution is 7.46. The molecule has 3 aromatic rings. The Morgan fingerprint density at radius 1 is 1.32 bits per heavy atom. The minimum atomic E-state index is -4.72. The van der Waals surface area contributed by atoms with Gasteiger partial charge in [0.1, 0.15) is 5.75 Å². The molecule has 2 aromatic heterocycles. The number of carbonyl (C=O) groups is 1. The van der Waals surface area contributed by atoms with Crippen molar-refractivity contribution in [3.8, 4) is 5.75 Å². The lowest BCUT2D eigenvalue weighted by Crippen LogP contribution is -2.80. The van der Waals surface area contributed by atoms with Crippen LogP contribution >= 0.6 is 7.82 Å². The summed E-state index contributed by atoms with van der Waals surface area (Å²) in [5.74, 6) is -0.713. The van der Waals surface area contributed by atoms with E-state index in [-0.39, 0.29) is 16.9 Å². The van der Waals surface area contributed by atoms with Gasteiger partial charge in [-0.25, -0.2) is 14.4 Å². The van der Waals surface area contributed by atoms with Crippen molar-refractivity contribution < 1.29 is 38.5 Å². The molecule has 0 amide bonds. The first kappa shape index (κ1) is 22.6. The maximum absolute atomic E-state index is 12.4. The second-order valence-electron chi connectivity index (χ2n) is 6.85. The Labute approximate surface area is 177 Å². The number of fused-ring (bicyclic) bond motifs is 1. The van der Waals surface area contributed by atoms with E-state index < -0.39 is 26.4 Å². The fraction of sp³-hybridized carbons (Fsp3) is 0.250. The maximum atomic E-state index is 12.4. The molecule has 1 atom stereocenters. The summed E-state index contributed by atoms with van der Waals surface area (Å²) in [5, 5.41) is 11.4. The number of para-hydroxylation sites is 1. The first-order valence-corrected chi connectivity index (χ1v) is 10.8. The van der Waals surface area contributed by atoms with E-state index in [0.717, 1.165) is 16.5 Å². The molecule has 0 aliphatic carbocycles. The molecule has 0 bridgehead atoms. The number of nitrogens with one attached hydrogen (secondary N) is 2. The second kappa shape index (κ2) is 9.40. The van der Waals surface area contributed by atoms with Gasteiger partial charge in [-0.1, -0.05) is 18.2 Å². The number of hydrogen-bond acceptors (Lipinski definition) is 6. The minimum Gasteiger partial charge on any atom is -0.505 e. The summed E-state index contributed by atoms with van der Waals surface area (Å²) in [7, 11) is -3.44. The average Bonchev–Trinajstić information content (AvgIpc) is 3.14. The molecule has 0 radical (unpaired) electrons. The topological polar surface area (TPSA) is 156 Å². The van der Waals surface area contributed by atoms with Gasteiger partial charge in [-0.3, -0.25) is 9.51 Å². The summed E-state index contributed by atoms with van der Waals surface area (Å²) in [6.45, 7) is 1.09. The van der Waals surface area contributed by atoms with Crippen LogP contribution in [0.5, 0.6) is 5.75 Å². The second-order valence-corrected chi connectivity index (χ2v) is 8.08. The fourth-order valence-corrected chi connectivity index (χ4v) is 3.45. The Kier molecular flexibility index (Phi) is 6.87.